The van der Waals surface area contributed by atoms with Gasteiger partial charge in [-0.15, -0.1) is 5.53 Å². The molecular formula is C21H26N8O. The molecule has 0 unspecified atom stereocenters. The Morgan fingerprint density at radius 2 is 1.93 bits per heavy atom. The molecule has 2 fully saturated rings. The molecule has 0 bridgehead atoms. The van der Waals surface area contributed by atoms with Crippen molar-refractivity contribution in [3.63, 3.8) is 0 Å². The molecule has 2 aromatic rings. The van der Waals surface area contributed by atoms with E-state index in [4.69, 9.17) is 4.74 Å². The molecule has 0 spiro atoms. The fraction of sp³-hybridized carbons (Fsp3) is 0.476. The summed E-state index contributed by atoms with van der Waals surface area (Å²) in [6.07, 6.45) is 6.27. The Labute approximate surface area is 175 Å². The van der Waals surface area contributed by atoms with Gasteiger partial charge in [-0.1, -0.05) is 6.07 Å². The van der Waals surface area contributed by atoms with Crippen LogP contribution in [0, 0.1) is 11.3 Å². The molecular weight excluding hydrogens is 380 g/mol. The molecule has 30 heavy (non-hydrogen) atoms. The molecule has 3 heterocycles. The second-order valence-electron chi connectivity index (χ2n) is 7.99. The summed E-state index contributed by atoms with van der Waals surface area (Å²) < 4.78 is 5.49. The van der Waals surface area contributed by atoms with Gasteiger partial charge >= 0.3 is 0 Å². The van der Waals surface area contributed by atoms with Crippen LogP contribution in [0.4, 0.5) is 5.82 Å². The highest BCUT2D eigenvalue weighted by molar-refractivity contribution is 5.92. The molecule has 9 nitrogen and oxygen atoms in total. The minimum Gasteiger partial charge on any atom is -0.379 e. The van der Waals surface area contributed by atoms with Crippen LogP contribution in [0.5, 0.6) is 0 Å². The van der Waals surface area contributed by atoms with Crippen LogP contribution in [0.2, 0.25) is 0 Å². The third-order valence-corrected chi connectivity index (χ3v) is 6.26. The maximum atomic E-state index is 9.30. The Bertz CT molecular complexity index is 986. The van der Waals surface area contributed by atoms with Gasteiger partial charge in [0.15, 0.2) is 5.70 Å². The summed E-state index contributed by atoms with van der Waals surface area (Å²) in [4.78, 5) is 11.5. The van der Waals surface area contributed by atoms with Gasteiger partial charge in [-0.3, -0.25) is 10.3 Å². The van der Waals surface area contributed by atoms with Crippen molar-refractivity contribution in [3.05, 3.63) is 35.8 Å². The lowest BCUT2D eigenvalue weighted by Crippen LogP contribution is -2.46. The Balaban J connectivity index is 1.32. The molecule has 156 valence electrons. The quantitative estimate of drug-likeness (QED) is 0.600. The van der Waals surface area contributed by atoms with E-state index < -0.39 is 0 Å². The molecule has 1 saturated heterocycles. The Morgan fingerprint density at radius 3 is 2.73 bits per heavy atom. The summed E-state index contributed by atoms with van der Waals surface area (Å²) in [5, 5.41) is 13.9. The van der Waals surface area contributed by atoms with Crippen LogP contribution in [0.25, 0.3) is 16.6 Å². The van der Waals surface area contributed by atoms with Crippen LogP contribution in [0.3, 0.4) is 0 Å². The molecule has 5 rings (SSSR count). The monoisotopic (exact) mass is 406 g/mol. The van der Waals surface area contributed by atoms with Gasteiger partial charge in [0.25, 0.3) is 0 Å². The van der Waals surface area contributed by atoms with Gasteiger partial charge in [0.1, 0.15) is 18.2 Å². The fourth-order valence-electron chi connectivity index (χ4n) is 4.63. The number of nitrogens with zero attached hydrogens (tertiary/aromatic N) is 4. The summed E-state index contributed by atoms with van der Waals surface area (Å²) in [6.45, 7) is 3.83. The number of ether oxygens (including phenoxy) is 1. The molecule has 4 N–H and O–H groups in total. The third kappa shape index (κ3) is 3.77. The topological polar surface area (TPSA) is 110 Å². The van der Waals surface area contributed by atoms with Gasteiger partial charge in [-0.25, -0.2) is 9.97 Å². The lowest BCUT2D eigenvalue weighted by Gasteiger charge is -2.39. The van der Waals surface area contributed by atoms with Crippen molar-refractivity contribution in [2.24, 2.45) is 0 Å². The first-order chi connectivity index (χ1) is 14.8. The maximum absolute atomic E-state index is 9.30. The molecule has 1 aromatic heterocycles. The largest absolute Gasteiger partial charge is 0.379 e. The number of aromatic nitrogens is 2. The van der Waals surface area contributed by atoms with Gasteiger partial charge in [-0.05, 0) is 37.8 Å². The molecule has 0 atom stereocenters. The van der Waals surface area contributed by atoms with Crippen molar-refractivity contribution in [3.8, 4) is 6.07 Å². The summed E-state index contributed by atoms with van der Waals surface area (Å²) in [6, 6.07) is 9.20. The number of nitrogens with one attached hydrogen (secondary N) is 4. The smallest absolute Gasteiger partial charge is 0.154 e. The Morgan fingerprint density at radius 1 is 1.10 bits per heavy atom. The van der Waals surface area contributed by atoms with Gasteiger partial charge in [0.05, 0.1) is 24.4 Å². The van der Waals surface area contributed by atoms with E-state index in [9.17, 15) is 5.26 Å². The normalized spacial score (nSPS) is 24.9. The summed E-state index contributed by atoms with van der Waals surface area (Å²) in [5.74, 6) is 0.856. The van der Waals surface area contributed by atoms with E-state index in [1.807, 2.05) is 18.2 Å². The zero-order chi connectivity index (χ0) is 20.3. The van der Waals surface area contributed by atoms with Crippen molar-refractivity contribution in [1.82, 2.24) is 31.3 Å². The lowest BCUT2D eigenvalue weighted by atomic mass is 9.90. The van der Waals surface area contributed by atoms with E-state index in [0.29, 0.717) is 17.8 Å². The highest BCUT2D eigenvalue weighted by atomic mass is 16.5. The van der Waals surface area contributed by atoms with Crippen LogP contribution in [0.1, 0.15) is 31.2 Å². The van der Waals surface area contributed by atoms with Gasteiger partial charge in [-0.2, -0.15) is 5.26 Å². The second-order valence-corrected chi connectivity index (χ2v) is 7.99. The van der Waals surface area contributed by atoms with Crippen LogP contribution >= 0.6 is 0 Å². The minimum atomic E-state index is 0.408. The summed E-state index contributed by atoms with van der Waals surface area (Å²) in [5.41, 5.74) is 11.6. The van der Waals surface area contributed by atoms with Crippen molar-refractivity contribution in [1.29, 1.82) is 5.26 Å². The van der Waals surface area contributed by atoms with Gasteiger partial charge in [0.2, 0.25) is 0 Å². The summed E-state index contributed by atoms with van der Waals surface area (Å²) in [7, 11) is 0. The predicted molar refractivity (Wildman–Crippen MR) is 114 cm³/mol. The van der Waals surface area contributed by atoms with E-state index in [0.717, 1.165) is 67.1 Å². The van der Waals surface area contributed by atoms with Crippen LogP contribution in [0.15, 0.2) is 30.2 Å². The van der Waals surface area contributed by atoms with E-state index >= 15 is 0 Å². The maximum Gasteiger partial charge on any atom is 0.154 e. The molecule has 0 amide bonds. The average Bonchev–Trinajstić information content (AvgIpc) is 3.29. The zero-order valence-corrected chi connectivity index (χ0v) is 16.8. The molecule has 2 aliphatic heterocycles. The van der Waals surface area contributed by atoms with Crippen molar-refractivity contribution in [2.75, 3.05) is 31.6 Å². The molecule has 3 aliphatic rings. The SMILES string of the molecule is N#CC1=C(c2ccc3ncnc(N[C@H]4CC[C@H](N5CCOCC5)CC4)c3c2)NNN1. The number of nitriles is 1. The third-order valence-electron chi connectivity index (χ3n) is 6.26. The van der Waals surface area contributed by atoms with Crippen molar-refractivity contribution >= 4 is 22.4 Å². The highest BCUT2D eigenvalue weighted by Gasteiger charge is 2.27. The second kappa shape index (κ2) is 8.44. The number of fused-ring (bicyclic) bond motifs is 1. The lowest BCUT2D eigenvalue weighted by molar-refractivity contribution is 0.00791. The molecule has 1 aromatic carbocycles. The van der Waals surface area contributed by atoms with E-state index in [2.05, 4.69) is 42.6 Å². The van der Waals surface area contributed by atoms with Crippen molar-refractivity contribution in [2.45, 2.75) is 37.8 Å². The number of allylic oxidation sites excluding steroid dienone is 1. The first kappa shape index (κ1) is 19.1. The van der Waals surface area contributed by atoms with Crippen LogP contribution in [-0.4, -0.2) is 53.3 Å². The molecule has 1 saturated carbocycles. The standard InChI is InChI=1S/C21H26N8O/c22-12-19-20(27-28-26-19)14-1-6-18-17(11-14)21(24-13-23-18)25-15-2-4-16(5-3-15)29-7-9-30-10-8-29/h1,6,11,13,15-16,26-28H,2-5,7-10H2,(H,23,24,25)/t15-,16-. The van der Waals surface area contributed by atoms with Gasteiger partial charge in [0, 0.05) is 36.1 Å². The zero-order valence-electron chi connectivity index (χ0n) is 16.8. The van der Waals surface area contributed by atoms with E-state index in [1.165, 1.54) is 12.8 Å². The van der Waals surface area contributed by atoms with E-state index in [-0.39, 0.29) is 0 Å². The predicted octanol–water partition coefficient (Wildman–Crippen LogP) is 1.49. The Kier molecular flexibility index (Phi) is 5.36. The first-order valence-electron chi connectivity index (χ1n) is 10.6. The molecule has 1 aliphatic carbocycles. The van der Waals surface area contributed by atoms with Crippen molar-refractivity contribution < 1.29 is 4.74 Å². The number of morpholine rings is 1. The molecule has 9 heteroatoms. The minimum absolute atomic E-state index is 0.408. The molecule has 0 radical (unpaired) electrons. The van der Waals surface area contributed by atoms with E-state index in [1.54, 1.807) is 6.33 Å². The number of hydrogen-bond donors (Lipinski definition) is 4. The van der Waals surface area contributed by atoms with Gasteiger partial charge < -0.3 is 15.5 Å². The first-order valence-corrected chi connectivity index (χ1v) is 10.6. The number of hydrazine groups is 2. The van der Waals surface area contributed by atoms with Crippen LogP contribution in [-0.2, 0) is 4.74 Å². The fourth-order valence-corrected chi connectivity index (χ4v) is 4.63. The number of benzene rings is 1. The Hall–Kier alpha value is -2.93. The average molecular weight is 406 g/mol. The highest BCUT2D eigenvalue weighted by Crippen LogP contribution is 2.29. The van der Waals surface area contributed by atoms with Crippen LogP contribution < -0.4 is 21.7 Å². The number of anilines is 1. The number of hydrogen-bond acceptors (Lipinski definition) is 9. The number of rotatable bonds is 4. The summed E-state index contributed by atoms with van der Waals surface area (Å²) >= 11 is 0.